The minimum Gasteiger partial charge on any atom is -0.359 e. The Morgan fingerprint density at radius 3 is 2.71 bits per heavy atom. The summed E-state index contributed by atoms with van der Waals surface area (Å²) in [5.74, 6) is 0. The SMILES string of the molecule is CC(C)(C)c1ccc2no[n+]([O-])c2c1. The largest absolute Gasteiger partial charge is 0.359 e. The van der Waals surface area contributed by atoms with E-state index >= 15 is 0 Å². The number of fused-ring (bicyclic) bond motifs is 1. The van der Waals surface area contributed by atoms with Crippen LogP contribution in [0.2, 0.25) is 0 Å². The topological polar surface area (TPSA) is 53.0 Å². The maximum Gasteiger partial charge on any atom is 0.248 e. The van der Waals surface area contributed by atoms with Crippen LogP contribution in [0.15, 0.2) is 22.8 Å². The Morgan fingerprint density at radius 2 is 2.07 bits per heavy atom. The molecular weight excluding hydrogens is 180 g/mol. The van der Waals surface area contributed by atoms with E-state index in [9.17, 15) is 5.21 Å². The molecule has 2 aromatic rings. The standard InChI is InChI=1S/C10H12N2O2/c1-10(2,3)7-4-5-8-9(6-7)12(13)14-11-8/h4-6H,1-3H3. The van der Waals surface area contributed by atoms with Gasteiger partial charge in [0.2, 0.25) is 11.0 Å². The van der Waals surface area contributed by atoms with Crippen LogP contribution in [0, 0.1) is 5.21 Å². The first-order chi connectivity index (χ1) is 6.48. The first kappa shape index (κ1) is 8.99. The number of hydrogen-bond donors (Lipinski definition) is 0. The molecule has 0 radical (unpaired) electrons. The molecule has 74 valence electrons. The van der Waals surface area contributed by atoms with Crippen molar-refractivity contribution in [1.29, 1.82) is 0 Å². The lowest BCUT2D eigenvalue weighted by atomic mass is 9.87. The van der Waals surface area contributed by atoms with Crippen molar-refractivity contribution in [2.75, 3.05) is 0 Å². The van der Waals surface area contributed by atoms with Crippen LogP contribution in [0.1, 0.15) is 26.3 Å². The summed E-state index contributed by atoms with van der Waals surface area (Å²) in [6.07, 6.45) is 0. The van der Waals surface area contributed by atoms with E-state index in [1.54, 1.807) is 6.07 Å². The zero-order chi connectivity index (χ0) is 10.3. The summed E-state index contributed by atoms with van der Waals surface area (Å²) >= 11 is 0. The van der Waals surface area contributed by atoms with Crippen molar-refractivity contribution in [2.45, 2.75) is 26.2 Å². The molecule has 0 aliphatic rings. The highest BCUT2D eigenvalue weighted by atomic mass is 16.8. The van der Waals surface area contributed by atoms with Crippen molar-refractivity contribution in [2.24, 2.45) is 0 Å². The first-order valence-corrected chi connectivity index (χ1v) is 4.48. The molecule has 0 saturated heterocycles. The highest BCUT2D eigenvalue weighted by molar-refractivity contribution is 5.71. The minimum atomic E-state index is 0.0262. The average molecular weight is 192 g/mol. The van der Waals surface area contributed by atoms with Crippen LogP contribution in [0.3, 0.4) is 0 Å². The number of rotatable bonds is 0. The van der Waals surface area contributed by atoms with E-state index in [2.05, 4.69) is 30.6 Å². The van der Waals surface area contributed by atoms with E-state index in [1.165, 1.54) is 0 Å². The molecule has 0 aliphatic heterocycles. The van der Waals surface area contributed by atoms with Gasteiger partial charge in [-0.05, 0) is 28.0 Å². The molecule has 4 heteroatoms. The second-order valence-electron chi connectivity index (χ2n) is 4.38. The Balaban J connectivity index is 2.66. The molecule has 4 nitrogen and oxygen atoms in total. The molecule has 0 aliphatic carbocycles. The lowest BCUT2D eigenvalue weighted by Crippen LogP contribution is -2.23. The van der Waals surface area contributed by atoms with Gasteiger partial charge in [-0.1, -0.05) is 26.8 Å². The summed E-state index contributed by atoms with van der Waals surface area (Å²) < 4.78 is 4.49. The van der Waals surface area contributed by atoms with Crippen molar-refractivity contribution in [1.82, 2.24) is 5.16 Å². The summed E-state index contributed by atoms with van der Waals surface area (Å²) in [6.45, 7) is 6.28. The lowest BCUT2D eigenvalue weighted by molar-refractivity contribution is -0.782. The van der Waals surface area contributed by atoms with Gasteiger partial charge in [0.05, 0.1) is 0 Å². The summed E-state index contributed by atoms with van der Waals surface area (Å²) in [7, 11) is 0. The van der Waals surface area contributed by atoms with Crippen molar-refractivity contribution in [3.63, 3.8) is 0 Å². The van der Waals surface area contributed by atoms with Gasteiger partial charge < -0.3 is 5.21 Å². The van der Waals surface area contributed by atoms with Crippen LogP contribution < -0.4 is 4.90 Å². The summed E-state index contributed by atoms with van der Waals surface area (Å²) in [5.41, 5.74) is 2.20. The zero-order valence-electron chi connectivity index (χ0n) is 8.44. The third-order valence-corrected chi connectivity index (χ3v) is 2.25. The van der Waals surface area contributed by atoms with E-state index in [-0.39, 0.29) is 5.41 Å². The molecule has 2 rings (SSSR count). The third kappa shape index (κ3) is 1.32. The normalized spacial score (nSPS) is 12.2. The van der Waals surface area contributed by atoms with E-state index in [1.807, 2.05) is 12.1 Å². The molecule has 1 aromatic heterocycles. The molecule has 0 bridgehead atoms. The second kappa shape index (κ2) is 2.70. The van der Waals surface area contributed by atoms with Crippen LogP contribution in [0.25, 0.3) is 11.0 Å². The predicted molar refractivity (Wildman–Crippen MR) is 51.7 cm³/mol. The molecule has 0 spiro atoms. The Morgan fingerprint density at radius 1 is 1.36 bits per heavy atom. The van der Waals surface area contributed by atoms with E-state index in [0.717, 1.165) is 5.56 Å². The van der Waals surface area contributed by atoms with Crippen LogP contribution >= 0.6 is 0 Å². The molecule has 0 saturated carbocycles. The van der Waals surface area contributed by atoms with Gasteiger partial charge in [-0.3, -0.25) is 4.63 Å². The van der Waals surface area contributed by atoms with Gasteiger partial charge in [0.15, 0.2) is 0 Å². The number of hydrogen-bond acceptors (Lipinski definition) is 3. The molecule has 0 N–H and O–H groups in total. The number of aromatic nitrogens is 2. The summed E-state index contributed by atoms with van der Waals surface area (Å²) in [6, 6.07) is 5.58. The summed E-state index contributed by atoms with van der Waals surface area (Å²) in [4.78, 5) is 0.435. The van der Waals surface area contributed by atoms with Gasteiger partial charge in [0.1, 0.15) is 0 Å². The van der Waals surface area contributed by atoms with Gasteiger partial charge in [-0.2, -0.15) is 0 Å². The molecule has 1 aromatic carbocycles. The lowest BCUT2D eigenvalue weighted by Gasteiger charge is -2.17. The second-order valence-corrected chi connectivity index (χ2v) is 4.38. The Kier molecular flexibility index (Phi) is 1.74. The predicted octanol–water partition coefficient (Wildman–Crippen LogP) is 1.76. The molecule has 14 heavy (non-hydrogen) atoms. The smallest absolute Gasteiger partial charge is 0.248 e. The first-order valence-electron chi connectivity index (χ1n) is 4.48. The maximum atomic E-state index is 11.1. The van der Waals surface area contributed by atoms with Crippen molar-refractivity contribution < 1.29 is 9.53 Å². The summed E-state index contributed by atoms with van der Waals surface area (Å²) in [5, 5.41) is 14.8. The fourth-order valence-corrected chi connectivity index (χ4v) is 1.34. The van der Waals surface area contributed by atoms with Crippen LogP contribution in [0.4, 0.5) is 0 Å². The fraction of sp³-hybridized carbons (Fsp3) is 0.400. The van der Waals surface area contributed by atoms with Gasteiger partial charge in [-0.25, -0.2) is 0 Å². The van der Waals surface area contributed by atoms with Crippen molar-refractivity contribution >= 4 is 11.0 Å². The molecule has 0 atom stereocenters. The molecular formula is C10H12N2O2. The van der Waals surface area contributed by atoms with Crippen LogP contribution in [-0.2, 0) is 5.41 Å². The molecule has 0 amide bonds. The molecule has 0 fully saturated rings. The highest BCUT2D eigenvalue weighted by Gasteiger charge is 2.17. The average Bonchev–Trinajstić information content (AvgIpc) is 2.46. The molecule has 1 heterocycles. The van der Waals surface area contributed by atoms with E-state index in [0.29, 0.717) is 15.9 Å². The monoisotopic (exact) mass is 192 g/mol. The highest BCUT2D eigenvalue weighted by Crippen LogP contribution is 2.23. The van der Waals surface area contributed by atoms with Gasteiger partial charge in [0.25, 0.3) is 0 Å². The van der Waals surface area contributed by atoms with Gasteiger partial charge >= 0.3 is 0 Å². The van der Waals surface area contributed by atoms with Crippen molar-refractivity contribution in [3.8, 4) is 0 Å². The van der Waals surface area contributed by atoms with Crippen LogP contribution in [0.5, 0.6) is 0 Å². The zero-order valence-corrected chi connectivity index (χ0v) is 8.44. The molecule has 0 unspecified atom stereocenters. The van der Waals surface area contributed by atoms with Crippen molar-refractivity contribution in [3.05, 3.63) is 29.0 Å². The maximum absolute atomic E-state index is 11.1. The quantitative estimate of drug-likeness (QED) is 0.597. The van der Waals surface area contributed by atoms with Gasteiger partial charge in [0, 0.05) is 5.16 Å². The van der Waals surface area contributed by atoms with E-state index in [4.69, 9.17) is 0 Å². The Bertz CT molecular complexity index is 468. The Labute approximate surface area is 81.7 Å². The van der Waals surface area contributed by atoms with Gasteiger partial charge in [-0.15, -0.1) is 0 Å². The third-order valence-electron chi connectivity index (χ3n) is 2.25. The minimum absolute atomic E-state index is 0.0262. The number of nitrogens with zero attached hydrogens (tertiary/aromatic N) is 2. The van der Waals surface area contributed by atoms with Crippen LogP contribution in [-0.4, -0.2) is 5.16 Å². The fourth-order valence-electron chi connectivity index (χ4n) is 1.34. The van der Waals surface area contributed by atoms with E-state index < -0.39 is 0 Å². The number of benzene rings is 1. The Hall–Kier alpha value is -1.58.